The van der Waals surface area contributed by atoms with E-state index in [1.54, 1.807) is 0 Å². The molecule has 5 heteroatoms. The highest BCUT2D eigenvalue weighted by molar-refractivity contribution is 9.10. The number of rotatable bonds is 1. The number of hydrogen-bond donors (Lipinski definition) is 1. The van der Waals surface area contributed by atoms with Gasteiger partial charge in [-0.15, -0.1) is 0 Å². The van der Waals surface area contributed by atoms with Crippen LogP contribution in [0.3, 0.4) is 0 Å². The number of piperazine rings is 1. The van der Waals surface area contributed by atoms with Gasteiger partial charge in [-0.2, -0.15) is 0 Å². The van der Waals surface area contributed by atoms with Crippen LogP contribution in [0.2, 0.25) is 0 Å². The van der Waals surface area contributed by atoms with E-state index in [0.29, 0.717) is 0 Å². The molecular weight excluding hydrogens is 280 g/mol. The smallest absolute Gasteiger partial charge is 0.147 e. The van der Waals surface area contributed by atoms with Gasteiger partial charge in [-0.3, -0.25) is 4.98 Å². The summed E-state index contributed by atoms with van der Waals surface area (Å²) in [6, 6.07) is 5.99. The third-order valence-corrected chi connectivity index (χ3v) is 3.43. The summed E-state index contributed by atoms with van der Waals surface area (Å²) in [5.74, 6) is 0.973. The average molecular weight is 293 g/mol. The first-order chi connectivity index (χ1) is 8.33. The van der Waals surface area contributed by atoms with E-state index in [1.807, 2.05) is 24.4 Å². The molecule has 3 rings (SSSR count). The molecule has 0 unspecified atom stereocenters. The molecule has 2 aromatic rings. The fourth-order valence-electron chi connectivity index (χ4n) is 2.02. The molecule has 0 radical (unpaired) electrons. The largest absolute Gasteiger partial charge is 0.353 e. The van der Waals surface area contributed by atoms with Crippen LogP contribution >= 0.6 is 15.9 Å². The minimum Gasteiger partial charge on any atom is -0.353 e. The van der Waals surface area contributed by atoms with E-state index >= 15 is 0 Å². The lowest BCUT2D eigenvalue weighted by Crippen LogP contribution is -2.43. The van der Waals surface area contributed by atoms with Crippen LogP contribution in [0.5, 0.6) is 0 Å². The lowest BCUT2D eigenvalue weighted by atomic mass is 10.3. The monoisotopic (exact) mass is 292 g/mol. The summed E-state index contributed by atoms with van der Waals surface area (Å²) in [5.41, 5.74) is 1.88. The van der Waals surface area contributed by atoms with Crippen LogP contribution in [0, 0.1) is 0 Å². The quantitative estimate of drug-likeness (QED) is 0.870. The minimum absolute atomic E-state index is 0.929. The van der Waals surface area contributed by atoms with Gasteiger partial charge in [-0.05, 0) is 18.2 Å². The fraction of sp³-hybridized carbons (Fsp3) is 0.333. The van der Waals surface area contributed by atoms with E-state index in [9.17, 15) is 0 Å². The Morgan fingerprint density at radius 3 is 2.82 bits per heavy atom. The highest BCUT2D eigenvalue weighted by Gasteiger charge is 2.12. The number of benzene rings is 1. The average Bonchev–Trinajstić information content (AvgIpc) is 2.39. The molecule has 4 nitrogen and oxygen atoms in total. The van der Waals surface area contributed by atoms with Gasteiger partial charge in [0.25, 0.3) is 0 Å². The summed E-state index contributed by atoms with van der Waals surface area (Å²) >= 11 is 3.44. The third kappa shape index (κ3) is 2.25. The number of aromatic nitrogens is 2. The Balaban J connectivity index is 1.98. The van der Waals surface area contributed by atoms with Crippen molar-refractivity contribution < 1.29 is 0 Å². The van der Waals surface area contributed by atoms with Crippen molar-refractivity contribution in [1.29, 1.82) is 0 Å². The molecule has 1 fully saturated rings. The summed E-state index contributed by atoms with van der Waals surface area (Å²) < 4.78 is 1.04. The van der Waals surface area contributed by atoms with Gasteiger partial charge < -0.3 is 10.2 Å². The maximum absolute atomic E-state index is 4.65. The van der Waals surface area contributed by atoms with Crippen molar-refractivity contribution in [2.75, 3.05) is 31.1 Å². The van der Waals surface area contributed by atoms with E-state index in [4.69, 9.17) is 0 Å². The summed E-state index contributed by atoms with van der Waals surface area (Å²) in [6.45, 7) is 4.02. The minimum atomic E-state index is 0.929. The van der Waals surface area contributed by atoms with E-state index in [2.05, 4.69) is 36.1 Å². The predicted molar refractivity (Wildman–Crippen MR) is 72.3 cm³/mol. The zero-order valence-corrected chi connectivity index (χ0v) is 10.9. The zero-order valence-electron chi connectivity index (χ0n) is 9.36. The van der Waals surface area contributed by atoms with Crippen molar-refractivity contribution in [2.24, 2.45) is 0 Å². The summed E-state index contributed by atoms with van der Waals surface area (Å²) in [6.07, 6.45) is 1.86. The second-order valence-corrected chi connectivity index (χ2v) is 5.01. The molecule has 1 aliphatic heterocycles. The number of anilines is 1. The number of fused-ring (bicyclic) bond motifs is 1. The number of nitrogens with one attached hydrogen (secondary N) is 1. The maximum atomic E-state index is 4.65. The molecular formula is C12H13BrN4. The molecule has 2 heterocycles. The number of nitrogens with zero attached hydrogens (tertiary/aromatic N) is 3. The molecule has 1 saturated heterocycles. The second-order valence-electron chi connectivity index (χ2n) is 4.10. The van der Waals surface area contributed by atoms with Crippen LogP contribution in [-0.2, 0) is 0 Å². The van der Waals surface area contributed by atoms with Gasteiger partial charge in [0.15, 0.2) is 0 Å². The SMILES string of the molecule is Brc1ccc2nc(N3CCNCC3)cnc2c1. The van der Waals surface area contributed by atoms with Crippen LogP contribution in [-0.4, -0.2) is 36.1 Å². The predicted octanol–water partition coefficient (Wildman–Crippen LogP) is 1.80. The van der Waals surface area contributed by atoms with Gasteiger partial charge in [0.1, 0.15) is 5.82 Å². The van der Waals surface area contributed by atoms with Crippen molar-refractivity contribution in [2.45, 2.75) is 0 Å². The maximum Gasteiger partial charge on any atom is 0.147 e. The molecule has 1 aromatic heterocycles. The van der Waals surface area contributed by atoms with Gasteiger partial charge in [-0.25, -0.2) is 4.98 Å². The van der Waals surface area contributed by atoms with Crippen LogP contribution in [0.25, 0.3) is 11.0 Å². The van der Waals surface area contributed by atoms with Crippen LogP contribution in [0.1, 0.15) is 0 Å². The van der Waals surface area contributed by atoms with Crippen molar-refractivity contribution >= 4 is 32.8 Å². The lowest BCUT2D eigenvalue weighted by molar-refractivity contribution is 0.585. The Labute approximate surface area is 108 Å². The topological polar surface area (TPSA) is 41.1 Å². The Bertz CT molecular complexity index is 537. The van der Waals surface area contributed by atoms with Crippen molar-refractivity contribution in [3.8, 4) is 0 Å². The Hall–Kier alpha value is -1.20. The second kappa shape index (κ2) is 4.58. The molecule has 1 aromatic carbocycles. The fourth-order valence-corrected chi connectivity index (χ4v) is 2.37. The van der Waals surface area contributed by atoms with E-state index in [-0.39, 0.29) is 0 Å². The molecule has 1 N–H and O–H groups in total. The van der Waals surface area contributed by atoms with Crippen molar-refractivity contribution in [1.82, 2.24) is 15.3 Å². The molecule has 0 amide bonds. The third-order valence-electron chi connectivity index (χ3n) is 2.93. The Morgan fingerprint density at radius 1 is 1.18 bits per heavy atom. The Morgan fingerprint density at radius 2 is 2.00 bits per heavy atom. The van der Waals surface area contributed by atoms with Crippen molar-refractivity contribution in [3.63, 3.8) is 0 Å². The molecule has 0 bridgehead atoms. The van der Waals surface area contributed by atoms with E-state index < -0.39 is 0 Å². The first-order valence-electron chi connectivity index (χ1n) is 5.71. The molecule has 0 atom stereocenters. The molecule has 88 valence electrons. The van der Waals surface area contributed by atoms with Gasteiger partial charge in [-0.1, -0.05) is 15.9 Å². The Kier molecular flexibility index (Phi) is 2.94. The normalized spacial score (nSPS) is 16.4. The molecule has 0 aliphatic carbocycles. The molecule has 0 saturated carbocycles. The van der Waals surface area contributed by atoms with Gasteiger partial charge in [0.2, 0.25) is 0 Å². The van der Waals surface area contributed by atoms with Gasteiger partial charge in [0.05, 0.1) is 17.2 Å². The van der Waals surface area contributed by atoms with Crippen LogP contribution in [0.15, 0.2) is 28.9 Å². The number of hydrogen-bond acceptors (Lipinski definition) is 4. The van der Waals surface area contributed by atoms with Gasteiger partial charge >= 0.3 is 0 Å². The zero-order chi connectivity index (χ0) is 11.7. The van der Waals surface area contributed by atoms with E-state index in [1.165, 1.54) is 0 Å². The highest BCUT2D eigenvalue weighted by atomic mass is 79.9. The van der Waals surface area contributed by atoms with Crippen LogP contribution < -0.4 is 10.2 Å². The first kappa shape index (κ1) is 10.9. The molecule has 17 heavy (non-hydrogen) atoms. The molecule has 1 aliphatic rings. The standard InChI is InChI=1S/C12H13BrN4/c13-9-1-2-10-11(7-9)15-8-12(16-10)17-5-3-14-4-6-17/h1-2,7-8,14H,3-6H2. The molecule has 0 spiro atoms. The van der Waals surface area contributed by atoms with Crippen molar-refractivity contribution in [3.05, 3.63) is 28.9 Å². The highest BCUT2D eigenvalue weighted by Crippen LogP contribution is 2.19. The van der Waals surface area contributed by atoms with Gasteiger partial charge in [0, 0.05) is 30.7 Å². The summed E-state index contributed by atoms with van der Waals surface area (Å²) in [4.78, 5) is 11.4. The number of halogens is 1. The van der Waals surface area contributed by atoms with Crippen LogP contribution in [0.4, 0.5) is 5.82 Å². The summed E-state index contributed by atoms with van der Waals surface area (Å²) in [7, 11) is 0. The summed E-state index contributed by atoms with van der Waals surface area (Å²) in [5, 5.41) is 3.33. The lowest BCUT2D eigenvalue weighted by Gasteiger charge is -2.28. The first-order valence-corrected chi connectivity index (χ1v) is 6.50. The van der Waals surface area contributed by atoms with E-state index in [0.717, 1.165) is 47.5 Å².